The average molecular weight is 441 g/mol. The number of aromatic nitrogens is 5. The van der Waals surface area contributed by atoms with Gasteiger partial charge >= 0.3 is 0 Å². The van der Waals surface area contributed by atoms with Crippen LogP contribution in [0.1, 0.15) is 46.7 Å². The van der Waals surface area contributed by atoms with E-state index in [1.54, 1.807) is 23.1 Å². The number of hydrogen-bond acceptors (Lipinski definition) is 7. The summed E-state index contributed by atoms with van der Waals surface area (Å²) < 4.78 is 16.2. The molecule has 1 aliphatic heterocycles. The molecule has 4 heterocycles. The summed E-state index contributed by atoms with van der Waals surface area (Å²) in [6.07, 6.45) is 5.69. The van der Waals surface area contributed by atoms with Gasteiger partial charge in [-0.25, -0.2) is 19.0 Å². The van der Waals surface area contributed by atoms with Gasteiger partial charge in [-0.2, -0.15) is 0 Å². The second kappa shape index (κ2) is 8.42. The van der Waals surface area contributed by atoms with E-state index in [-0.39, 0.29) is 11.6 Å². The fourth-order valence-electron chi connectivity index (χ4n) is 3.96. The number of hydrogen-bond donors (Lipinski definition) is 2. The molecular weight excluding hydrogens is 411 g/mol. The lowest BCUT2D eigenvalue weighted by molar-refractivity contribution is -0.114. The Kier molecular flexibility index (Phi) is 5.81. The van der Waals surface area contributed by atoms with Crippen molar-refractivity contribution in [3.8, 4) is 5.82 Å². The Labute approximate surface area is 186 Å². The van der Waals surface area contributed by atoms with Crippen LogP contribution in [0.4, 0.5) is 16.0 Å². The minimum Gasteiger partial charge on any atom is -0.353 e. The highest BCUT2D eigenvalue weighted by Gasteiger charge is 2.28. The first-order valence-corrected chi connectivity index (χ1v) is 10.8. The number of carbonyl (C=O) groups excluding carboxylic acids is 1. The number of pyridine rings is 1. The number of carbonyl (C=O) groups is 1. The van der Waals surface area contributed by atoms with Gasteiger partial charge in [-0.3, -0.25) is 9.78 Å². The molecule has 10 heteroatoms. The van der Waals surface area contributed by atoms with Gasteiger partial charge in [-0.1, -0.05) is 13.8 Å². The molecule has 0 aromatic carbocycles. The zero-order valence-electron chi connectivity index (χ0n) is 19.1. The minimum atomic E-state index is -1.64. The number of anilines is 2. The Hall–Kier alpha value is -3.14. The fraction of sp³-hybridized carbons (Fsp3) is 0.500. The second-order valence-electron chi connectivity index (χ2n) is 8.99. The van der Waals surface area contributed by atoms with Crippen LogP contribution in [-0.4, -0.2) is 55.8 Å². The van der Waals surface area contributed by atoms with Crippen molar-refractivity contribution in [1.82, 2.24) is 30.0 Å². The molecule has 9 nitrogen and oxygen atoms in total. The highest BCUT2D eigenvalue weighted by Crippen LogP contribution is 2.32. The summed E-state index contributed by atoms with van der Waals surface area (Å²) in [5.74, 6) is 1.38. The first-order chi connectivity index (χ1) is 15.1. The highest BCUT2D eigenvalue weighted by molar-refractivity contribution is 5.95. The monoisotopic (exact) mass is 440 g/mol. The van der Waals surface area contributed by atoms with Crippen LogP contribution < -0.4 is 15.5 Å². The van der Waals surface area contributed by atoms with E-state index >= 15 is 0 Å². The zero-order chi connectivity index (χ0) is 23.0. The normalized spacial score (nSPS) is 16.8. The van der Waals surface area contributed by atoms with Crippen LogP contribution in [0.3, 0.4) is 0 Å². The number of halogens is 1. The molecule has 1 amide bonds. The van der Waals surface area contributed by atoms with Gasteiger partial charge in [0.2, 0.25) is 5.91 Å². The molecule has 1 aliphatic rings. The highest BCUT2D eigenvalue weighted by atomic mass is 19.1. The molecule has 170 valence electrons. The summed E-state index contributed by atoms with van der Waals surface area (Å²) in [7, 11) is 0. The first-order valence-electron chi connectivity index (χ1n) is 10.8. The number of nitrogens with one attached hydrogen (secondary N) is 2. The maximum atomic E-state index is 14.5. The lowest BCUT2D eigenvalue weighted by Crippen LogP contribution is -2.37. The molecular formula is C22H29FN8O. The summed E-state index contributed by atoms with van der Waals surface area (Å²) in [5.41, 5.74) is -0.705. The van der Waals surface area contributed by atoms with Gasteiger partial charge in [0.15, 0.2) is 11.6 Å². The Bertz CT molecular complexity index is 1140. The molecule has 0 aliphatic carbocycles. The van der Waals surface area contributed by atoms with E-state index in [1.807, 2.05) is 0 Å². The van der Waals surface area contributed by atoms with Crippen molar-refractivity contribution in [2.24, 2.45) is 0 Å². The van der Waals surface area contributed by atoms with E-state index in [2.05, 4.69) is 44.3 Å². The van der Waals surface area contributed by atoms with E-state index < -0.39 is 5.67 Å². The van der Waals surface area contributed by atoms with Crippen LogP contribution in [0.5, 0.6) is 0 Å². The van der Waals surface area contributed by atoms with Gasteiger partial charge in [-0.15, -0.1) is 5.10 Å². The summed E-state index contributed by atoms with van der Waals surface area (Å²) in [5, 5.41) is 12.0. The third-order valence-electron chi connectivity index (χ3n) is 5.35. The molecule has 3 aromatic heterocycles. The van der Waals surface area contributed by atoms with Crippen LogP contribution in [0.2, 0.25) is 0 Å². The molecule has 0 saturated carbocycles. The number of nitrogens with zero attached hydrogens (tertiary/aromatic N) is 6. The number of alkyl halides is 1. The van der Waals surface area contributed by atoms with Crippen LogP contribution >= 0.6 is 0 Å². The number of fused-ring (bicyclic) bond motifs is 1. The standard InChI is InChI=1S/C22H29FN8O/c1-13(2)26-15-6-7-30(12-15)21-16-9-25-19(27-14(3)32)8-17(16)31(29-21)20-11-24-10-18(28-20)22(4,5)23/h8-11,13,15,26H,6-7,12H2,1-5H3,(H,25,27,32). The van der Waals surface area contributed by atoms with Gasteiger partial charge < -0.3 is 15.5 Å². The zero-order valence-corrected chi connectivity index (χ0v) is 19.1. The first kappa shape index (κ1) is 22.1. The lowest BCUT2D eigenvalue weighted by atomic mass is 10.1. The molecule has 1 saturated heterocycles. The van der Waals surface area contributed by atoms with Gasteiger partial charge in [0.05, 0.1) is 29.0 Å². The van der Waals surface area contributed by atoms with E-state index in [0.717, 1.165) is 30.7 Å². The summed E-state index contributed by atoms with van der Waals surface area (Å²) in [6.45, 7) is 10.3. The van der Waals surface area contributed by atoms with Crippen molar-refractivity contribution in [1.29, 1.82) is 0 Å². The van der Waals surface area contributed by atoms with Crippen LogP contribution in [0, 0.1) is 0 Å². The smallest absolute Gasteiger partial charge is 0.222 e. The Balaban J connectivity index is 1.80. The van der Waals surface area contributed by atoms with E-state index in [0.29, 0.717) is 29.2 Å². The maximum Gasteiger partial charge on any atom is 0.222 e. The molecule has 1 unspecified atom stereocenters. The van der Waals surface area contributed by atoms with Crippen LogP contribution in [-0.2, 0) is 10.5 Å². The molecule has 0 radical (unpaired) electrons. The Morgan fingerprint density at radius 2 is 2.06 bits per heavy atom. The molecule has 1 fully saturated rings. The van der Waals surface area contributed by atoms with Crippen molar-refractivity contribution in [3.63, 3.8) is 0 Å². The minimum absolute atomic E-state index is 0.216. The maximum absolute atomic E-state index is 14.5. The van der Waals surface area contributed by atoms with Crippen LogP contribution in [0.25, 0.3) is 16.7 Å². The second-order valence-corrected chi connectivity index (χ2v) is 8.99. The predicted molar refractivity (Wildman–Crippen MR) is 122 cm³/mol. The van der Waals surface area contributed by atoms with Crippen LogP contribution in [0.15, 0.2) is 24.7 Å². The summed E-state index contributed by atoms with van der Waals surface area (Å²) in [4.78, 5) is 26.8. The van der Waals surface area contributed by atoms with Crippen molar-refractivity contribution in [2.75, 3.05) is 23.3 Å². The Morgan fingerprint density at radius 1 is 1.28 bits per heavy atom. The number of amides is 1. The van der Waals surface area contributed by atoms with Gasteiger partial charge in [-0.05, 0) is 20.3 Å². The van der Waals surface area contributed by atoms with Gasteiger partial charge in [0.25, 0.3) is 0 Å². The summed E-state index contributed by atoms with van der Waals surface area (Å²) >= 11 is 0. The SMILES string of the molecule is CC(=O)Nc1cc2c(cn1)c(N1CCC(NC(C)C)C1)nn2-c1cncc(C(C)(C)F)n1. The fourth-order valence-corrected chi connectivity index (χ4v) is 3.96. The van der Waals surface area contributed by atoms with E-state index in [1.165, 1.54) is 27.0 Å². The van der Waals surface area contributed by atoms with Crippen molar-refractivity contribution in [3.05, 3.63) is 30.4 Å². The van der Waals surface area contributed by atoms with Crippen molar-refractivity contribution < 1.29 is 9.18 Å². The molecule has 4 rings (SSSR count). The molecule has 0 spiro atoms. The largest absolute Gasteiger partial charge is 0.353 e. The van der Waals surface area contributed by atoms with Crippen molar-refractivity contribution >= 4 is 28.4 Å². The predicted octanol–water partition coefficient (Wildman–Crippen LogP) is 2.95. The van der Waals surface area contributed by atoms with Crippen molar-refractivity contribution in [2.45, 2.75) is 58.8 Å². The molecule has 1 atom stereocenters. The summed E-state index contributed by atoms with van der Waals surface area (Å²) in [6, 6.07) is 2.53. The third kappa shape index (κ3) is 4.55. The molecule has 2 N–H and O–H groups in total. The van der Waals surface area contributed by atoms with Gasteiger partial charge in [0.1, 0.15) is 11.5 Å². The van der Waals surface area contributed by atoms with Gasteiger partial charge in [0, 0.05) is 44.4 Å². The number of rotatable bonds is 6. The molecule has 3 aromatic rings. The Morgan fingerprint density at radius 3 is 2.75 bits per heavy atom. The lowest BCUT2D eigenvalue weighted by Gasteiger charge is -2.18. The third-order valence-corrected chi connectivity index (χ3v) is 5.35. The van der Waals surface area contributed by atoms with E-state index in [9.17, 15) is 9.18 Å². The topological polar surface area (TPSA) is 101 Å². The van der Waals surface area contributed by atoms with E-state index in [4.69, 9.17) is 5.10 Å². The molecule has 32 heavy (non-hydrogen) atoms. The molecule has 0 bridgehead atoms. The average Bonchev–Trinajstić information content (AvgIpc) is 3.30. The quantitative estimate of drug-likeness (QED) is 0.608.